The van der Waals surface area contributed by atoms with Crippen molar-refractivity contribution < 1.29 is 14.3 Å². The van der Waals surface area contributed by atoms with E-state index < -0.39 is 12.0 Å². The van der Waals surface area contributed by atoms with Crippen molar-refractivity contribution in [2.75, 3.05) is 31.2 Å². The zero-order valence-corrected chi connectivity index (χ0v) is 13.0. The molecule has 0 radical (unpaired) electrons. The average molecular weight is 290 g/mol. The summed E-state index contributed by atoms with van der Waals surface area (Å²) in [7, 11) is 0. The lowest BCUT2D eigenvalue weighted by atomic mass is 10.3. The molecule has 0 heterocycles. The molecule has 6 heteroatoms. The van der Waals surface area contributed by atoms with Crippen LogP contribution in [0.4, 0.5) is 0 Å². The fourth-order valence-electron chi connectivity index (χ4n) is 1.58. The Kier molecular flexibility index (Phi) is 10.7. The molecule has 5 nitrogen and oxygen atoms in total. The summed E-state index contributed by atoms with van der Waals surface area (Å²) in [5.74, 6) is 0.496. The molecule has 0 saturated carbocycles. The summed E-state index contributed by atoms with van der Waals surface area (Å²) in [6, 6.07) is -0.649. The second kappa shape index (κ2) is 11.1. The standard InChI is InChI=1S/C13H26N2O3S/c1-4-7-15(8-5-2)12(16)10-19-9-11(14)13(17)18-6-3/h11H,4-10,14H2,1-3H3. The Balaban J connectivity index is 3.97. The SMILES string of the molecule is CCCN(CCC)C(=O)CSCC(N)C(=O)OCC. The Hall–Kier alpha value is -0.750. The number of nitrogens with two attached hydrogens (primary N) is 1. The fraction of sp³-hybridized carbons (Fsp3) is 0.846. The zero-order valence-electron chi connectivity index (χ0n) is 12.2. The van der Waals surface area contributed by atoms with Crippen LogP contribution in [-0.4, -0.2) is 54.0 Å². The van der Waals surface area contributed by atoms with Crippen LogP contribution >= 0.6 is 11.8 Å². The molecule has 0 fully saturated rings. The predicted octanol–water partition coefficient (Wildman–Crippen LogP) is 1.26. The molecule has 0 spiro atoms. The van der Waals surface area contributed by atoms with Crippen LogP contribution in [0.3, 0.4) is 0 Å². The molecule has 1 atom stereocenters. The molecule has 0 aromatic heterocycles. The highest BCUT2D eigenvalue weighted by molar-refractivity contribution is 8.00. The van der Waals surface area contributed by atoms with Crippen molar-refractivity contribution in [3.8, 4) is 0 Å². The van der Waals surface area contributed by atoms with Gasteiger partial charge in [-0.3, -0.25) is 9.59 Å². The summed E-state index contributed by atoms with van der Waals surface area (Å²) >= 11 is 1.39. The van der Waals surface area contributed by atoms with E-state index in [1.165, 1.54) is 11.8 Å². The molecule has 1 amide bonds. The number of nitrogens with zero attached hydrogens (tertiary/aromatic N) is 1. The zero-order chi connectivity index (χ0) is 14.7. The second-order valence-corrected chi connectivity index (χ2v) is 5.28. The van der Waals surface area contributed by atoms with Crippen molar-refractivity contribution in [3.05, 3.63) is 0 Å². The molecule has 0 aliphatic carbocycles. The largest absolute Gasteiger partial charge is 0.465 e. The smallest absolute Gasteiger partial charge is 0.323 e. The summed E-state index contributed by atoms with van der Waals surface area (Å²) in [4.78, 5) is 25.1. The maximum absolute atomic E-state index is 11.9. The molecule has 1 unspecified atom stereocenters. The highest BCUT2D eigenvalue weighted by Crippen LogP contribution is 2.06. The molecule has 112 valence electrons. The number of hydrogen-bond donors (Lipinski definition) is 1. The fourth-order valence-corrected chi connectivity index (χ4v) is 2.45. The van der Waals surface area contributed by atoms with Gasteiger partial charge in [-0.2, -0.15) is 0 Å². The van der Waals surface area contributed by atoms with Gasteiger partial charge in [0.2, 0.25) is 5.91 Å². The van der Waals surface area contributed by atoms with Crippen LogP contribution in [0.1, 0.15) is 33.6 Å². The molecule has 0 rings (SSSR count). The summed E-state index contributed by atoms with van der Waals surface area (Å²) in [6.07, 6.45) is 1.91. The summed E-state index contributed by atoms with van der Waals surface area (Å²) < 4.78 is 4.81. The van der Waals surface area contributed by atoms with Gasteiger partial charge in [0.05, 0.1) is 12.4 Å². The maximum Gasteiger partial charge on any atom is 0.323 e. The van der Waals surface area contributed by atoms with Crippen LogP contribution in [0.15, 0.2) is 0 Å². The van der Waals surface area contributed by atoms with Crippen LogP contribution in [0.25, 0.3) is 0 Å². The number of rotatable bonds is 10. The van der Waals surface area contributed by atoms with E-state index in [9.17, 15) is 9.59 Å². The van der Waals surface area contributed by atoms with Crippen molar-refractivity contribution in [1.29, 1.82) is 0 Å². The monoisotopic (exact) mass is 290 g/mol. The minimum atomic E-state index is -0.649. The molecule has 19 heavy (non-hydrogen) atoms. The van der Waals surface area contributed by atoms with Gasteiger partial charge in [-0.1, -0.05) is 13.8 Å². The number of hydrogen-bond acceptors (Lipinski definition) is 5. The van der Waals surface area contributed by atoms with Gasteiger partial charge in [0.1, 0.15) is 6.04 Å². The molecule has 0 aromatic carbocycles. The van der Waals surface area contributed by atoms with Crippen LogP contribution in [-0.2, 0) is 14.3 Å². The molecular formula is C13H26N2O3S. The van der Waals surface area contributed by atoms with Crippen LogP contribution < -0.4 is 5.73 Å². The van der Waals surface area contributed by atoms with Crippen molar-refractivity contribution in [3.63, 3.8) is 0 Å². The number of thioether (sulfide) groups is 1. The number of ether oxygens (including phenoxy) is 1. The summed E-state index contributed by atoms with van der Waals surface area (Å²) in [6.45, 7) is 7.76. The molecule has 0 saturated heterocycles. The van der Waals surface area contributed by atoms with Gasteiger partial charge >= 0.3 is 5.97 Å². The van der Waals surface area contributed by atoms with Gasteiger partial charge < -0.3 is 15.4 Å². The maximum atomic E-state index is 11.9. The Labute approximate surface area is 120 Å². The minimum Gasteiger partial charge on any atom is -0.465 e. The van der Waals surface area contributed by atoms with Crippen molar-refractivity contribution in [2.45, 2.75) is 39.7 Å². The second-order valence-electron chi connectivity index (χ2n) is 4.25. The number of carbonyl (C=O) groups excluding carboxylic acids is 2. The Morgan fingerprint density at radius 2 is 1.79 bits per heavy atom. The first-order chi connectivity index (χ1) is 9.06. The molecular weight excluding hydrogens is 264 g/mol. The van der Waals surface area contributed by atoms with Gasteiger partial charge in [0.15, 0.2) is 0 Å². The van der Waals surface area contributed by atoms with Crippen LogP contribution in [0.5, 0.6) is 0 Å². The lowest BCUT2D eigenvalue weighted by molar-refractivity contribution is -0.144. The average Bonchev–Trinajstić information content (AvgIpc) is 2.38. The normalized spacial score (nSPS) is 12.0. The Morgan fingerprint density at radius 3 is 2.26 bits per heavy atom. The van der Waals surface area contributed by atoms with Gasteiger partial charge in [0.25, 0.3) is 0 Å². The summed E-state index contributed by atoms with van der Waals surface area (Å²) in [5.41, 5.74) is 5.66. The van der Waals surface area contributed by atoms with Crippen LogP contribution in [0, 0.1) is 0 Å². The van der Waals surface area contributed by atoms with E-state index in [1.807, 2.05) is 4.90 Å². The minimum absolute atomic E-state index is 0.116. The van der Waals surface area contributed by atoms with E-state index >= 15 is 0 Å². The molecule has 2 N–H and O–H groups in total. The number of esters is 1. The lowest BCUT2D eigenvalue weighted by Gasteiger charge is -2.21. The first kappa shape index (κ1) is 18.2. The van der Waals surface area contributed by atoms with Crippen LogP contribution in [0.2, 0.25) is 0 Å². The highest BCUT2D eigenvalue weighted by atomic mass is 32.2. The van der Waals surface area contributed by atoms with Gasteiger partial charge in [-0.25, -0.2) is 0 Å². The van der Waals surface area contributed by atoms with E-state index in [-0.39, 0.29) is 5.91 Å². The third-order valence-electron chi connectivity index (χ3n) is 2.45. The first-order valence-corrected chi connectivity index (χ1v) is 7.99. The van der Waals surface area contributed by atoms with Gasteiger partial charge in [-0.15, -0.1) is 11.8 Å². The summed E-state index contributed by atoms with van der Waals surface area (Å²) in [5, 5.41) is 0. The number of amides is 1. The predicted molar refractivity (Wildman–Crippen MR) is 79.1 cm³/mol. The van der Waals surface area contributed by atoms with Crippen molar-refractivity contribution in [2.24, 2.45) is 5.73 Å². The molecule has 0 bridgehead atoms. The number of carbonyl (C=O) groups is 2. The van der Waals surface area contributed by atoms with E-state index in [1.54, 1.807) is 6.92 Å². The van der Waals surface area contributed by atoms with E-state index in [2.05, 4.69) is 13.8 Å². The highest BCUT2D eigenvalue weighted by Gasteiger charge is 2.16. The van der Waals surface area contributed by atoms with Gasteiger partial charge in [-0.05, 0) is 19.8 Å². The van der Waals surface area contributed by atoms with Gasteiger partial charge in [0, 0.05) is 18.8 Å². The molecule has 0 aliphatic rings. The van der Waals surface area contributed by atoms with E-state index in [0.29, 0.717) is 18.1 Å². The van der Waals surface area contributed by atoms with E-state index in [0.717, 1.165) is 25.9 Å². The Morgan fingerprint density at radius 1 is 1.21 bits per heavy atom. The molecule has 0 aromatic rings. The van der Waals surface area contributed by atoms with Crippen molar-refractivity contribution in [1.82, 2.24) is 4.90 Å². The third kappa shape index (κ3) is 8.10. The lowest BCUT2D eigenvalue weighted by Crippen LogP contribution is -2.36. The first-order valence-electron chi connectivity index (χ1n) is 6.84. The topological polar surface area (TPSA) is 72.6 Å². The van der Waals surface area contributed by atoms with E-state index in [4.69, 9.17) is 10.5 Å². The van der Waals surface area contributed by atoms with Crippen molar-refractivity contribution >= 4 is 23.6 Å². The molecule has 0 aliphatic heterocycles. The Bertz CT molecular complexity index is 269. The quantitative estimate of drug-likeness (QED) is 0.613. The third-order valence-corrected chi connectivity index (χ3v) is 3.50.